The van der Waals surface area contributed by atoms with E-state index in [0.29, 0.717) is 12.6 Å². The molecule has 0 radical (unpaired) electrons. The van der Waals surface area contributed by atoms with Crippen molar-refractivity contribution in [3.8, 4) is 0 Å². The van der Waals surface area contributed by atoms with Gasteiger partial charge in [-0.1, -0.05) is 13.8 Å². The third kappa shape index (κ3) is 1.93. The number of nitrogens with one attached hydrogen (secondary N) is 1. The van der Waals surface area contributed by atoms with E-state index in [9.17, 15) is 4.79 Å². The van der Waals surface area contributed by atoms with Gasteiger partial charge in [0.1, 0.15) is 0 Å². The predicted octanol–water partition coefficient (Wildman–Crippen LogP) is 0.420. The highest BCUT2D eigenvalue weighted by molar-refractivity contribution is 5.83. The zero-order valence-corrected chi connectivity index (χ0v) is 7.42. The first kappa shape index (κ1) is 8.53. The summed E-state index contributed by atoms with van der Waals surface area (Å²) in [6, 6.07) is 0.0694. The van der Waals surface area contributed by atoms with E-state index in [1.54, 1.807) is 4.90 Å². The van der Waals surface area contributed by atoms with Gasteiger partial charge in [-0.2, -0.15) is 0 Å². The quantitative estimate of drug-likeness (QED) is 0.628. The molecule has 0 aromatic carbocycles. The number of hydrogen-bond acceptors (Lipinski definition) is 2. The number of carbonyl (C=O) groups excluding carboxylic acids is 1. The van der Waals surface area contributed by atoms with Crippen molar-refractivity contribution < 1.29 is 4.79 Å². The summed E-state index contributed by atoms with van der Waals surface area (Å²) in [4.78, 5) is 13.0. The molecule has 1 fully saturated rings. The van der Waals surface area contributed by atoms with Crippen LogP contribution in [-0.2, 0) is 4.79 Å². The fourth-order valence-electron chi connectivity index (χ4n) is 1.33. The number of carbonyl (C=O) groups is 1. The Hall–Kier alpha value is -0.570. The topological polar surface area (TPSA) is 32.3 Å². The van der Waals surface area contributed by atoms with Gasteiger partial charge in [0.25, 0.3) is 0 Å². The summed E-state index contributed by atoms with van der Waals surface area (Å²) in [7, 11) is 1.83. The van der Waals surface area contributed by atoms with Gasteiger partial charge < -0.3 is 4.90 Å². The van der Waals surface area contributed by atoms with E-state index in [1.165, 1.54) is 0 Å². The van der Waals surface area contributed by atoms with Gasteiger partial charge in [-0.05, 0) is 12.3 Å². The van der Waals surface area contributed by atoms with Crippen molar-refractivity contribution in [2.45, 2.75) is 26.3 Å². The van der Waals surface area contributed by atoms with Gasteiger partial charge in [-0.25, -0.2) is 0 Å². The minimum absolute atomic E-state index is 0.0694. The smallest absolute Gasteiger partial charge is 0.240 e. The van der Waals surface area contributed by atoms with Gasteiger partial charge in [0, 0.05) is 7.05 Å². The Balaban J connectivity index is 2.42. The fourth-order valence-corrected chi connectivity index (χ4v) is 1.33. The number of likely N-dealkylation sites (N-methyl/N-ethyl adjacent to an activating group) is 1. The Morgan fingerprint density at radius 2 is 2.36 bits per heavy atom. The molecule has 64 valence electrons. The van der Waals surface area contributed by atoms with Gasteiger partial charge in [0.2, 0.25) is 5.91 Å². The molecule has 0 bridgehead atoms. The Morgan fingerprint density at radius 3 is 2.73 bits per heavy atom. The average molecular weight is 156 g/mol. The zero-order valence-electron chi connectivity index (χ0n) is 7.42. The highest BCUT2D eigenvalue weighted by Crippen LogP contribution is 2.10. The molecule has 0 aliphatic carbocycles. The number of rotatable bonds is 2. The highest BCUT2D eigenvalue weighted by atomic mass is 16.2. The largest absolute Gasteiger partial charge is 0.332 e. The van der Waals surface area contributed by atoms with E-state index in [1.807, 2.05) is 7.05 Å². The Bertz CT molecular complexity index is 156. The molecule has 1 amide bonds. The van der Waals surface area contributed by atoms with Crippen LogP contribution in [0.15, 0.2) is 0 Å². The van der Waals surface area contributed by atoms with E-state index in [-0.39, 0.29) is 11.9 Å². The summed E-state index contributed by atoms with van der Waals surface area (Å²) < 4.78 is 0. The zero-order chi connectivity index (χ0) is 8.43. The molecular formula is C8H16N2O. The Morgan fingerprint density at radius 1 is 1.73 bits per heavy atom. The normalized spacial score (nSPS) is 25.3. The summed E-state index contributed by atoms with van der Waals surface area (Å²) in [5.74, 6) is 0.821. The van der Waals surface area contributed by atoms with Crippen LogP contribution in [0.1, 0.15) is 20.3 Å². The molecule has 1 aliphatic heterocycles. The van der Waals surface area contributed by atoms with Crippen molar-refractivity contribution in [3.05, 3.63) is 0 Å². The molecule has 0 spiro atoms. The van der Waals surface area contributed by atoms with E-state index in [4.69, 9.17) is 0 Å². The molecule has 1 N–H and O–H groups in total. The monoisotopic (exact) mass is 156 g/mol. The van der Waals surface area contributed by atoms with Crippen molar-refractivity contribution in [1.82, 2.24) is 10.2 Å². The second-order valence-corrected chi connectivity index (χ2v) is 3.58. The third-order valence-electron chi connectivity index (χ3n) is 1.96. The minimum atomic E-state index is 0.0694. The van der Waals surface area contributed by atoms with E-state index in [2.05, 4.69) is 19.2 Å². The predicted molar refractivity (Wildman–Crippen MR) is 44.0 cm³/mol. The van der Waals surface area contributed by atoms with Crippen LogP contribution in [0.3, 0.4) is 0 Å². The maximum atomic E-state index is 11.3. The first-order valence-electron chi connectivity index (χ1n) is 4.09. The van der Waals surface area contributed by atoms with Gasteiger partial charge >= 0.3 is 0 Å². The van der Waals surface area contributed by atoms with Crippen LogP contribution in [0.25, 0.3) is 0 Å². The van der Waals surface area contributed by atoms with Crippen LogP contribution in [-0.4, -0.2) is 30.6 Å². The van der Waals surface area contributed by atoms with Crippen molar-refractivity contribution in [1.29, 1.82) is 0 Å². The molecule has 0 aromatic heterocycles. The summed E-state index contributed by atoms with van der Waals surface area (Å²) in [6.45, 7) is 4.97. The van der Waals surface area contributed by atoms with Gasteiger partial charge in [-0.3, -0.25) is 10.1 Å². The summed E-state index contributed by atoms with van der Waals surface area (Å²) in [5, 5.41) is 3.16. The van der Waals surface area contributed by atoms with Crippen LogP contribution in [0.5, 0.6) is 0 Å². The summed E-state index contributed by atoms with van der Waals surface area (Å²) in [5.41, 5.74) is 0. The van der Waals surface area contributed by atoms with E-state index < -0.39 is 0 Å². The lowest BCUT2D eigenvalue weighted by atomic mass is 10.0. The van der Waals surface area contributed by atoms with E-state index in [0.717, 1.165) is 6.42 Å². The lowest BCUT2D eigenvalue weighted by molar-refractivity contribution is -0.128. The molecule has 1 atom stereocenters. The molecule has 11 heavy (non-hydrogen) atoms. The number of hydrogen-bond donors (Lipinski definition) is 1. The fraction of sp³-hybridized carbons (Fsp3) is 0.875. The first-order valence-corrected chi connectivity index (χ1v) is 4.09. The minimum Gasteiger partial charge on any atom is -0.332 e. The van der Waals surface area contributed by atoms with Crippen molar-refractivity contribution in [2.24, 2.45) is 5.92 Å². The number of nitrogens with zero attached hydrogens (tertiary/aromatic N) is 1. The van der Waals surface area contributed by atoms with Crippen LogP contribution in [0, 0.1) is 5.92 Å². The van der Waals surface area contributed by atoms with E-state index >= 15 is 0 Å². The van der Waals surface area contributed by atoms with Crippen molar-refractivity contribution in [2.75, 3.05) is 13.7 Å². The molecule has 1 saturated heterocycles. The maximum Gasteiger partial charge on any atom is 0.240 e. The molecule has 1 heterocycles. The van der Waals surface area contributed by atoms with Crippen LogP contribution in [0.4, 0.5) is 0 Å². The summed E-state index contributed by atoms with van der Waals surface area (Å²) >= 11 is 0. The van der Waals surface area contributed by atoms with Crippen LogP contribution >= 0.6 is 0 Å². The molecule has 1 rings (SSSR count). The maximum absolute atomic E-state index is 11.3. The molecule has 3 nitrogen and oxygen atoms in total. The Labute approximate surface area is 67.8 Å². The SMILES string of the molecule is CC(C)C[C@@H]1NCN(C)C1=O. The average Bonchev–Trinajstić information content (AvgIpc) is 2.18. The van der Waals surface area contributed by atoms with Gasteiger partial charge in [0.05, 0.1) is 12.7 Å². The molecule has 1 aliphatic rings. The lowest BCUT2D eigenvalue weighted by Gasteiger charge is -2.10. The molecular weight excluding hydrogens is 140 g/mol. The van der Waals surface area contributed by atoms with Gasteiger partial charge in [0.15, 0.2) is 0 Å². The summed E-state index contributed by atoms with van der Waals surface area (Å²) in [6.07, 6.45) is 0.948. The standard InChI is InChI=1S/C8H16N2O/c1-6(2)4-7-8(11)10(3)5-9-7/h6-7,9H,4-5H2,1-3H3/t7-/m0/s1. The molecule has 0 saturated carbocycles. The van der Waals surface area contributed by atoms with Crippen molar-refractivity contribution in [3.63, 3.8) is 0 Å². The lowest BCUT2D eigenvalue weighted by Crippen LogP contribution is -2.30. The third-order valence-corrected chi connectivity index (χ3v) is 1.96. The van der Waals surface area contributed by atoms with Crippen LogP contribution in [0.2, 0.25) is 0 Å². The Kier molecular flexibility index (Phi) is 2.49. The molecule has 0 aromatic rings. The second-order valence-electron chi connectivity index (χ2n) is 3.58. The molecule has 0 unspecified atom stereocenters. The number of amides is 1. The first-order chi connectivity index (χ1) is 5.11. The second kappa shape index (κ2) is 3.22. The van der Waals surface area contributed by atoms with Crippen LogP contribution < -0.4 is 5.32 Å². The van der Waals surface area contributed by atoms with Crippen molar-refractivity contribution >= 4 is 5.91 Å². The highest BCUT2D eigenvalue weighted by Gasteiger charge is 2.28. The van der Waals surface area contributed by atoms with Gasteiger partial charge in [-0.15, -0.1) is 0 Å². The molecule has 3 heteroatoms.